The molecule has 2 saturated carbocycles. The second-order valence-corrected chi connectivity index (χ2v) is 6.13. The SMILES string of the molecule is COC1CCCC(CN)(NCC(C)C2CC2)C1. The lowest BCUT2D eigenvalue weighted by Crippen LogP contribution is -2.56. The predicted molar refractivity (Wildman–Crippen MR) is 70.9 cm³/mol. The van der Waals surface area contributed by atoms with Crippen LogP contribution >= 0.6 is 0 Å². The Labute approximate surface area is 105 Å². The maximum atomic E-state index is 6.02. The molecule has 0 aromatic heterocycles. The number of hydrogen-bond donors (Lipinski definition) is 2. The lowest BCUT2D eigenvalue weighted by molar-refractivity contribution is 0.0316. The van der Waals surface area contributed by atoms with Crippen molar-refractivity contribution in [1.82, 2.24) is 5.32 Å². The van der Waals surface area contributed by atoms with Crippen LogP contribution in [0, 0.1) is 11.8 Å². The third kappa shape index (κ3) is 3.43. The van der Waals surface area contributed by atoms with Crippen LogP contribution in [0.5, 0.6) is 0 Å². The van der Waals surface area contributed by atoms with E-state index in [0.29, 0.717) is 6.10 Å². The van der Waals surface area contributed by atoms with Crippen LogP contribution in [0.4, 0.5) is 0 Å². The highest BCUT2D eigenvalue weighted by Crippen LogP contribution is 2.37. The summed E-state index contributed by atoms with van der Waals surface area (Å²) in [6.45, 7) is 4.23. The van der Waals surface area contributed by atoms with Gasteiger partial charge in [-0.2, -0.15) is 0 Å². The average Bonchev–Trinajstić information content (AvgIpc) is 3.20. The van der Waals surface area contributed by atoms with Crippen LogP contribution < -0.4 is 11.1 Å². The van der Waals surface area contributed by atoms with Crippen molar-refractivity contribution in [3.63, 3.8) is 0 Å². The fraction of sp³-hybridized carbons (Fsp3) is 1.00. The Kier molecular flexibility index (Phi) is 4.45. The number of hydrogen-bond acceptors (Lipinski definition) is 3. The van der Waals surface area contributed by atoms with Crippen LogP contribution in [0.15, 0.2) is 0 Å². The molecule has 0 saturated heterocycles. The van der Waals surface area contributed by atoms with Gasteiger partial charge < -0.3 is 15.8 Å². The molecule has 2 aliphatic rings. The summed E-state index contributed by atoms with van der Waals surface area (Å²) in [5.74, 6) is 1.78. The van der Waals surface area contributed by atoms with E-state index in [-0.39, 0.29) is 5.54 Å². The van der Waals surface area contributed by atoms with Crippen LogP contribution in [0.25, 0.3) is 0 Å². The zero-order valence-corrected chi connectivity index (χ0v) is 11.4. The third-order valence-electron chi connectivity index (χ3n) is 4.75. The molecule has 3 heteroatoms. The van der Waals surface area contributed by atoms with Gasteiger partial charge in [-0.25, -0.2) is 0 Å². The molecule has 0 radical (unpaired) electrons. The maximum absolute atomic E-state index is 6.02. The largest absolute Gasteiger partial charge is 0.381 e. The molecule has 0 aliphatic heterocycles. The van der Waals surface area contributed by atoms with Gasteiger partial charge in [0.2, 0.25) is 0 Å². The molecule has 0 heterocycles. The number of rotatable bonds is 6. The van der Waals surface area contributed by atoms with Crippen molar-refractivity contribution >= 4 is 0 Å². The first-order valence-electron chi connectivity index (χ1n) is 7.17. The van der Waals surface area contributed by atoms with Crippen molar-refractivity contribution in [2.24, 2.45) is 17.6 Å². The molecule has 3 N–H and O–H groups in total. The van der Waals surface area contributed by atoms with Gasteiger partial charge in [0.1, 0.15) is 0 Å². The van der Waals surface area contributed by atoms with Gasteiger partial charge >= 0.3 is 0 Å². The third-order valence-corrected chi connectivity index (χ3v) is 4.75. The summed E-state index contributed by atoms with van der Waals surface area (Å²) in [4.78, 5) is 0. The van der Waals surface area contributed by atoms with E-state index in [9.17, 15) is 0 Å². The fourth-order valence-corrected chi connectivity index (χ4v) is 3.14. The molecule has 3 atom stereocenters. The van der Waals surface area contributed by atoms with E-state index < -0.39 is 0 Å². The number of ether oxygens (including phenoxy) is 1. The van der Waals surface area contributed by atoms with E-state index in [1.54, 1.807) is 0 Å². The van der Waals surface area contributed by atoms with Crippen LogP contribution in [-0.2, 0) is 4.74 Å². The first kappa shape index (κ1) is 13.3. The smallest absolute Gasteiger partial charge is 0.0589 e. The summed E-state index contributed by atoms with van der Waals surface area (Å²) in [6.07, 6.45) is 7.98. The molecular weight excluding hydrogens is 212 g/mol. The zero-order valence-electron chi connectivity index (χ0n) is 11.4. The molecule has 100 valence electrons. The molecule has 3 nitrogen and oxygen atoms in total. The second kappa shape index (κ2) is 5.68. The van der Waals surface area contributed by atoms with E-state index in [1.165, 1.54) is 32.1 Å². The van der Waals surface area contributed by atoms with E-state index in [4.69, 9.17) is 10.5 Å². The van der Waals surface area contributed by atoms with Gasteiger partial charge in [-0.05, 0) is 56.9 Å². The quantitative estimate of drug-likeness (QED) is 0.745. The molecule has 0 amide bonds. The monoisotopic (exact) mass is 240 g/mol. The van der Waals surface area contributed by atoms with Gasteiger partial charge in [0.05, 0.1) is 6.10 Å². The summed E-state index contributed by atoms with van der Waals surface area (Å²) in [7, 11) is 1.82. The normalized spacial score (nSPS) is 35.8. The molecule has 0 aromatic rings. The summed E-state index contributed by atoms with van der Waals surface area (Å²) >= 11 is 0. The van der Waals surface area contributed by atoms with Gasteiger partial charge in [0, 0.05) is 19.2 Å². The van der Waals surface area contributed by atoms with Gasteiger partial charge in [0.25, 0.3) is 0 Å². The van der Waals surface area contributed by atoms with Gasteiger partial charge in [0.15, 0.2) is 0 Å². The molecule has 0 bridgehead atoms. The predicted octanol–water partition coefficient (Wildman–Crippen LogP) is 1.91. The Balaban J connectivity index is 1.84. The van der Waals surface area contributed by atoms with Crippen molar-refractivity contribution in [3.05, 3.63) is 0 Å². The van der Waals surface area contributed by atoms with E-state index >= 15 is 0 Å². The fourth-order valence-electron chi connectivity index (χ4n) is 3.14. The van der Waals surface area contributed by atoms with Gasteiger partial charge in [-0.15, -0.1) is 0 Å². The van der Waals surface area contributed by atoms with Crippen molar-refractivity contribution in [3.8, 4) is 0 Å². The van der Waals surface area contributed by atoms with Gasteiger partial charge in [-0.3, -0.25) is 0 Å². The minimum absolute atomic E-state index is 0.141. The summed E-state index contributed by atoms with van der Waals surface area (Å²) in [5, 5.41) is 3.77. The second-order valence-electron chi connectivity index (χ2n) is 6.13. The first-order valence-corrected chi connectivity index (χ1v) is 7.17. The molecule has 3 unspecified atom stereocenters. The van der Waals surface area contributed by atoms with Crippen LogP contribution in [0.3, 0.4) is 0 Å². The standard InChI is InChI=1S/C14H28N2O/c1-11(12-5-6-12)9-16-14(10-15)7-3-4-13(8-14)17-2/h11-13,16H,3-10,15H2,1-2H3. The minimum atomic E-state index is 0.141. The summed E-state index contributed by atoms with van der Waals surface area (Å²) in [5.41, 5.74) is 6.16. The van der Waals surface area contributed by atoms with Crippen molar-refractivity contribution < 1.29 is 4.74 Å². The van der Waals surface area contributed by atoms with Gasteiger partial charge in [-0.1, -0.05) is 6.92 Å². The molecule has 2 rings (SSSR count). The number of nitrogens with two attached hydrogens (primary N) is 1. The average molecular weight is 240 g/mol. The van der Waals surface area contributed by atoms with Crippen molar-refractivity contribution in [1.29, 1.82) is 0 Å². The summed E-state index contributed by atoms with van der Waals surface area (Å²) < 4.78 is 5.52. The minimum Gasteiger partial charge on any atom is -0.381 e. The van der Waals surface area contributed by atoms with E-state index in [2.05, 4.69) is 12.2 Å². The summed E-state index contributed by atoms with van der Waals surface area (Å²) in [6, 6.07) is 0. The Hall–Kier alpha value is -0.120. The highest BCUT2D eigenvalue weighted by atomic mass is 16.5. The van der Waals surface area contributed by atoms with Crippen molar-refractivity contribution in [2.45, 2.75) is 57.1 Å². The van der Waals surface area contributed by atoms with Crippen molar-refractivity contribution in [2.75, 3.05) is 20.2 Å². The molecule has 2 fully saturated rings. The molecule has 0 spiro atoms. The number of methoxy groups -OCH3 is 1. The van der Waals surface area contributed by atoms with Crippen LogP contribution in [0.1, 0.15) is 45.4 Å². The Bertz CT molecular complexity index is 242. The van der Waals surface area contributed by atoms with E-state index in [1.807, 2.05) is 7.11 Å². The maximum Gasteiger partial charge on any atom is 0.0589 e. The molecule has 2 aliphatic carbocycles. The Morgan fingerprint density at radius 3 is 2.76 bits per heavy atom. The lowest BCUT2D eigenvalue weighted by Gasteiger charge is -2.41. The first-order chi connectivity index (χ1) is 8.19. The van der Waals surface area contributed by atoms with Crippen LogP contribution in [0.2, 0.25) is 0 Å². The lowest BCUT2D eigenvalue weighted by atomic mass is 9.79. The number of nitrogens with one attached hydrogen (secondary N) is 1. The molecule has 0 aromatic carbocycles. The zero-order chi connectivity index (χ0) is 12.3. The Morgan fingerprint density at radius 2 is 2.18 bits per heavy atom. The highest BCUT2D eigenvalue weighted by molar-refractivity contribution is 4.96. The van der Waals surface area contributed by atoms with Crippen LogP contribution in [-0.4, -0.2) is 31.8 Å². The molecule has 17 heavy (non-hydrogen) atoms. The Morgan fingerprint density at radius 1 is 1.41 bits per heavy atom. The topological polar surface area (TPSA) is 47.3 Å². The van der Waals surface area contributed by atoms with E-state index in [0.717, 1.165) is 31.3 Å². The molecular formula is C14H28N2O. The highest BCUT2D eigenvalue weighted by Gasteiger charge is 2.36.